The number of cyclic esters (lactones) is 2. The Morgan fingerprint density at radius 2 is 0.618 bits per heavy atom. The Labute approximate surface area is 423 Å². The van der Waals surface area contributed by atoms with Gasteiger partial charge in [-0.1, -0.05) is 314 Å². The van der Waals surface area contributed by atoms with Gasteiger partial charge in [0.1, 0.15) is 13.2 Å². The van der Waals surface area contributed by atoms with E-state index in [0.717, 1.165) is 19.3 Å². The van der Waals surface area contributed by atoms with Crippen molar-refractivity contribution in [3.63, 3.8) is 0 Å². The molecule has 1 heterocycles. The third kappa shape index (κ3) is 43.4. The van der Waals surface area contributed by atoms with Gasteiger partial charge in [0, 0.05) is 0 Å². The Bertz CT molecular complexity index is 1070. The molecule has 0 radical (unpaired) electrons. The summed E-state index contributed by atoms with van der Waals surface area (Å²) in [6, 6.07) is 0. The largest absolute Gasteiger partial charge is 0.465 e. The number of hydrogen-bond donors (Lipinski definition) is 2. The number of aliphatic hydroxyl groups is 2. The summed E-state index contributed by atoms with van der Waals surface area (Å²) in [5.41, 5.74) is -1.12. The molecule has 68 heavy (non-hydrogen) atoms. The Hall–Kier alpha value is -1.40. The van der Waals surface area contributed by atoms with Gasteiger partial charge in [0.05, 0.1) is 31.0 Å². The van der Waals surface area contributed by atoms with Gasteiger partial charge in [-0.15, -0.1) is 0 Å². The third-order valence-corrected chi connectivity index (χ3v) is 15.4. The smallest absolute Gasteiger partial charge is 0.309 e. The first kappa shape index (κ1) is 64.6. The summed E-state index contributed by atoms with van der Waals surface area (Å²) in [6.45, 7) is 1.03. The van der Waals surface area contributed by atoms with Gasteiger partial charge in [-0.05, 0) is 26.2 Å². The van der Waals surface area contributed by atoms with Gasteiger partial charge >= 0.3 is 11.9 Å². The van der Waals surface area contributed by atoms with Gasteiger partial charge in [0.2, 0.25) is 0 Å². The summed E-state index contributed by atoms with van der Waals surface area (Å²) < 4.78 is 10.6. The van der Waals surface area contributed by atoms with Crippen LogP contribution in [0.15, 0.2) is 12.2 Å². The molecular weight excluding hydrogens is 841 g/mol. The number of ether oxygens (including phenoxy) is 2. The maximum Gasteiger partial charge on any atom is 0.309 e. The minimum atomic E-state index is -1.12. The van der Waals surface area contributed by atoms with Crippen LogP contribution in [0.2, 0.25) is 0 Å². The SMILES string of the molecule is C/C=C/CCCCCCCCCCCCCCCCCCCCCCCCCCCCCCCCCCCCCCCCCCCCCCCCCCC1CC(=O)OCC(CO)(CO)COC1=O. The zero-order chi connectivity index (χ0) is 49.0. The molecule has 6 heteroatoms. The summed E-state index contributed by atoms with van der Waals surface area (Å²) in [6.07, 6.45) is 74.3. The molecule has 1 aliphatic rings. The molecule has 0 aromatic rings. The van der Waals surface area contributed by atoms with E-state index >= 15 is 0 Å². The lowest BCUT2D eigenvalue weighted by molar-refractivity contribution is -0.155. The molecule has 2 N–H and O–H groups in total. The average Bonchev–Trinajstić information content (AvgIpc) is 3.40. The highest BCUT2D eigenvalue weighted by molar-refractivity contribution is 5.80. The summed E-state index contributed by atoms with van der Waals surface area (Å²) in [4.78, 5) is 24.7. The van der Waals surface area contributed by atoms with Crippen molar-refractivity contribution in [2.75, 3.05) is 26.4 Å². The van der Waals surface area contributed by atoms with Crippen LogP contribution < -0.4 is 0 Å². The van der Waals surface area contributed by atoms with E-state index in [4.69, 9.17) is 9.47 Å². The number of carbonyl (C=O) groups excluding carboxylic acids is 2. The molecule has 0 amide bonds. The average molecular weight is 960 g/mol. The summed E-state index contributed by atoms with van der Waals surface area (Å²) >= 11 is 0. The van der Waals surface area contributed by atoms with Crippen LogP contribution in [0.25, 0.3) is 0 Å². The Balaban J connectivity index is 1.67. The van der Waals surface area contributed by atoms with Gasteiger partial charge in [0.25, 0.3) is 0 Å². The predicted molar refractivity (Wildman–Crippen MR) is 292 cm³/mol. The van der Waals surface area contributed by atoms with Crippen LogP contribution in [0.1, 0.15) is 334 Å². The highest BCUT2D eigenvalue weighted by Crippen LogP contribution is 2.25. The second-order valence-corrected chi connectivity index (χ2v) is 22.1. The van der Waals surface area contributed by atoms with E-state index in [1.807, 2.05) is 0 Å². The minimum absolute atomic E-state index is 0.00521. The summed E-state index contributed by atoms with van der Waals surface area (Å²) in [5.74, 6) is -1.40. The van der Waals surface area contributed by atoms with Gasteiger partial charge < -0.3 is 19.7 Å². The van der Waals surface area contributed by atoms with E-state index in [-0.39, 0.29) is 19.6 Å². The molecule has 0 spiro atoms. The van der Waals surface area contributed by atoms with Crippen LogP contribution in [0, 0.1) is 11.3 Å². The van der Waals surface area contributed by atoms with Crippen molar-refractivity contribution in [2.45, 2.75) is 334 Å². The van der Waals surface area contributed by atoms with E-state index in [1.165, 1.54) is 295 Å². The molecule has 0 aromatic carbocycles. The first-order chi connectivity index (χ1) is 33.6. The molecule has 1 atom stereocenters. The van der Waals surface area contributed by atoms with Gasteiger partial charge in [-0.3, -0.25) is 9.59 Å². The number of rotatable bonds is 53. The lowest BCUT2D eigenvalue weighted by Gasteiger charge is -2.27. The normalized spacial score (nSPS) is 15.4. The second kappa shape index (κ2) is 51.9. The summed E-state index contributed by atoms with van der Waals surface area (Å²) in [7, 11) is 0. The van der Waals surface area contributed by atoms with Crippen molar-refractivity contribution in [3.05, 3.63) is 12.2 Å². The molecule has 1 unspecified atom stereocenters. The van der Waals surface area contributed by atoms with E-state index < -0.39 is 36.5 Å². The fourth-order valence-electron chi connectivity index (χ4n) is 10.4. The molecule has 0 bridgehead atoms. The molecule has 1 rings (SSSR count). The van der Waals surface area contributed by atoms with Crippen molar-refractivity contribution in [1.82, 2.24) is 0 Å². The molecular formula is C62H118O6. The molecule has 0 aliphatic carbocycles. The number of allylic oxidation sites excluding steroid dienone is 2. The number of esters is 2. The van der Waals surface area contributed by atoms with Crippen LogP contribution in [0.3, 0.4) is 0 Å². The molecule has 0 aromatic heterocycles. The van der Waals surface area contributed by atoms with E-state index in [1.54, 1.807) is 0 Å². The number of unbranched alkanes of at least 4 members (excludes halogenated alkanes) is 48. The molecule has 6 nitrogen and oxygen atoms in total. The van der Waals surface area contributed by atoms with Crippen LogP contribution in [-0.4, -0.2) is 48.6 Å². The highest BCUT2D eigenvalue weighted by atomic mass is 16.6. The van der Waals surface area contributed by atoms with Crippen LogP contribution >= 0.6 is 0 Å². The first-order valence-corrected chi connectivity index (χ1v) is 30.7. The maximum absolute atomic E-state index is 12.5. The maximum atomic E-state index is 12.5. The predicted octanol–water partition coefficient (Wildman–Crippen LogP) is 19.1. The first-order valence-electron chi connectivity index (χ1n) is 30.7. The zero-order valence-corrected chi connectivity index (χ0v) is 45.7. The van der Waals surface area contributed by atoms with Crippen LogP contribution in [0.5, 0.6) is 0 Å². The molecule has 1 fully saturated rings. The van der Waals surface area contributed by atoms with Gasteiger partial charge in [-0.25, -0.2) is 0 Å². The van der Waals surface area contributed by atoms with Crippen LogP contribution in [0.4, 0.5) is 0 Å². The third-order valence-electron chi connectivity index (χ3n) is 15.4. The second-order valence-electron chi connectivity index (χ2n) is 22.1. The monoisotopic (exact) mass is 959 g/mol. The fraction of sp³-hybridized carbons (Fsp3) is 0.935. The van der Waals surface area contributed by atoms with E-state index in [9.17, 15) is 19.8 Å². The number of carbonyl (C=O) groups is 2. The van der Waals surface area contributed by atoms with Crippen LogP contribution in [-0.2, 0) is 19.1 Å². The Morgan fingerprint density at radius 3 is 0.868 bits per heavy atom. The molecule has 0 saturated carbocycles. The highest BCUT2D eigenvalue weighted by Gasteiger charge is 2.36. The molecule has 1 saturated heterocycles. The lowest BCUT2D eigenvalue weighted by atomic mass is 9.92. The van der Waals surface area contributed by atoms with E-state index in [0.29, 0.717) is 6.42 Å². The quantitative estimate of drug-likeness (QED) is 0.0358. The fourth-order valence-corrected chi connectivity index (χ4v) is 10.4. The van der Waals surface area contributed by atoms with Crippen molar-refractivity contribution >= 4 is 11.9 Å². The summed E-state index contributed by atoms with van der Waals surface area (Å²) in [5, 5.41) is 19.2. The standard InChI is InChI=1S/C62H118O6/c1-2-3-4-5-6-7-8-9-10-11-12-13-14-15-16-17-18-19-20-21-22-23-24-25-26-27-28-29-30-31-32-33-34-35-36-37-38-39-40-41-42-43-44-45-46-47-48-49-50-51-52-53-59-54-60(65)67-57-62(55-63,56-64)58-68-61(59)66/h2-3,59,63-64H,4-58H2,1H3/b3-2+. The minimum Gasteiger partial charge on any atom is -0.465 e. The lowest BCUT2D eigenvalue weighted by Crippen LogP contribution is -2.40. The van der Waals surface area contributed by atoms with E-state index in [2.05, 4.69) is 19.1 Å². The number of aliphatic hydroxyl groups excluding tert-OH is 2. The molecule has 402 valence electrons. The van der Waals surface area contributed by atoms with Crippen molar-refractivity contribution in [2.24, 2.45) is 11.3 Å². The molecule has 1 aliphatic heterocycles. The number of hydrogen-bond acceptors (Lipinski definition) is 6. The Kier molecular flexibility index (Phi) is 49.4. The van der Waals surface area contributed by atoms with Crippen molar-refractivity contribution in [1.29, 1.82) is 0 Å². The topological polar surface area (TPSA) is 93.1 Å². The van der Waals surface area contributed by atoms with Crippen molar-refractivity contribution < 1.29 is 29.3 Å². The zero-order valence-electron chi connectivity index (χ0n) is 45.7. The van der Waals surface area contributed by atoms with Gasteiger partial charge in [-0.2, -0.15) is 0 Å². The van der Waals surface area contributed by atoms with Crippen molar-refractivity contribution in [3.8, 4) is 0 Å². The Morgan fingerprint density at radius 1 is 0.382 bits per heavy atom. The van der Waals surface area contributed by atoms with Gasteiger partial charge in [0.15, 0.2) is 0 Å².